The van der Waals surface area contributed by atoms with Crippen LogP contribution in [0.25, 0.3) is 5.65 Å². The lowest BCUT2D eigenvalue weighted by Crippen LogP contribution is -2.20. The van der Waals surface area contributed by atoms with E-state index >= 15 is 0 Å². The second kappa shape index (κ2) is 7.26. The highest BCUT2D eigenvalue weighted by Crippen LogP contribution is 2.26. The topological polar surface area (TPSA) is 77.2 Å². The number of hydrazone groups is 1. The third-order valence-corrected chi connectivity index (χ3v) is 3.98. The lowest BCUT2D eigenvalue weighted by atomic mass is 10.2. The zero-order valence-corrected chi connectivity index (χ0v) is 15.1. The number of ether oxygens (including phenoxy) is 2. The van der Waals surface area contributed by atoms with Crippen LogP contribution in [0, 0.1) is 13.8 Å². The van der Waals surface area contributed by atoms with Gasteiger partial charge in [0.1, 0.15) is 22.8 Å². The minimum absolute atomic E-state index is 0.342. The number of benzene rings is 1. The highest BCUT2D eigenvalue weighted by atomic mass is 16.5. The van der Waals surface area contributed by atoms with Crippen LogP contribution in [0.15, 0.2) is 41.6 Å². The van der Waals surface area contributed by atoms with E-state index in [4.69, 9.17) is 9.47 Å². The lowest BCUT2D eigenvalue weighted by molar-refractivity contribution is 0.0948. The van der Waals surface area contributed by atoms with Crippen molar-refractivity contribution >= 4 is 17.8 Å². The molecule has 0 fully saturated rings. The van der Waals surface area contributed by atoms with Crippen LogP contribution in [0.2, 0.25) is 0 Å². The summed E-state index contributed by atoms with van der Waals surface area (Å²) in [6, 6.07) is 9.24. The second-order valence-electron chi connectivity index (χ2n) is 5.76. The molecule has 0 bridgehead atoms. The van der Waals surface area contributed by atoms with E-state index < -0.39 is 0 Å². The smallest absolute Gasteiger partial charge is 0.290 e. The molecule has 2 heterocycles. The van der Waals surface area contributed by atoms with Gasteiger partial charge in [0, 0.05) is 6.20 Å². The second-order valence-corrected chi connectivity index (χ2v) is 5.76. The maximum absolute atomic E-state index is 12.6. The van der Waals surface area contributed by atoms with E-state index in [0.29, 0.717) is 34.1 Å². The van der Waals surface area contributed by atoms with Gasteiger partial charge in [-0.2, -0.15) is 5.10 Å². The van der Waals surface area contributed by atoms with Crippen molar-refractivity contribution in [3.05, 3.63) is 59.0 Å². The molecule has 134 valence electrons. The summed E-state index contributed by atoms with van der Waals surface area (Å²) in [6.07, 6.45) is 3.37. The fourth-order valence-corrected chi connectivity index (χ4v) is 2.76. The summed E-state index contributed by atoms with van der Waals surface area (Å²) >= 11 is 0. The summed E-state index contributed by atoms with van der Waals surface area (Å²) in [4.78, 5) is 17.0. The molecule has 26 heavy (non-hydrogen) atoms. The zero-order chi connectivity index (χ0) is 18.7. The number of methoxy groups -OCH3 is 2. The molecule has 0 unspecified atom stereocenters. The van der Waals surface area contributed by atoms with Gasteiger partial charge in [-0.05, 0) is 37.6 Å². The Kier molecular flexibility index (Phi) is 4.88. The number of nitrogens with one attached hydrogen (secondary N) is 1. The predicted molar refractivity (Wildman–Crippen MR) is 99.3 cm³/mol. The summed E-state index contributed by atoms with van der Waals surface area (Å²) in [6.45, 7) is 3.76. The molecular weight excluding hydrogens is 332 g/mol. The molecule has 3 aromatic rings. The Morgan fingerprint density at radius 3 is 2.50 bits per heavy atom. The van der Waals surface area contributed by atoms with Crippen molar-refractivity contribution in [3.63, 3.8) is 0 Å². The van der Waals surface area contributed by atoms with E-state index in [1.54, 1.807) is 37.7 Å². The fraction of sp³-hybridized carbons (Fsp3) is 0.211. The molecule has 1 amide bonds. The highest BCUT2D eigenvalue weighted by Gasteiger charge is 2.16. The van der Waals surface area contributed by atoms with Crippen LogP contribution in [0.1, 0.15) is 27.3 Å². The van der Waals surface area contributed by atoms with E-state index in [1.165, 1.54) is 6.21 Å². The molecule has 1 aromatic carbocycles. The van der Waals surface area contributed by atoms with Crippen molar-refractivity contribution in [3.8, 4) is 11.5 Å². The first-order chi connectivity index (χ1) is 12.5. The van der Waals surface area contributed by atoms with E-state index in [1.807, 2.05) is 31.3 Å². The monoisotopic (exact) mass is 352 g/mol. The van der Waals surface area contributed by atoms with Crippen LogP contribution < -0.4 is 14.9 Å². The number of carbonyl (C=O) groups excluding carboxylic acids is 1. The molecule has 0 saturated heterocycles. The van der Waals surface area contributed by atoms with Crippen LogP contribution in [0.3, 0.4) is 0 Å². The van der Waals surface area contributed by atoms with E-state index in [-0.39, 0.29) is 5.91 Å². The molecule has 0 aliphatic carbocycles. The molecule has 7 nitrogen and oxygen atoms in total. The molecule has 0 spiro atoms. The number of imidazole rings is 1. The van der Waals surface area contributed by atoms with Crippen LogP contribution >= 0.6 is 0 Å². The summed E-state index contributed by atoms with van der Waals surface area (Å²) in [7, 11) is 3.13. The average Bonchev–Trinajstić information content (AvgIpc) is 2.96. The van der Waals surface area contributed by atoms with E-state index in [9.17, 15) is 4.79 Å². The SMILES string of the molecule is COc1cccc(OC)c1/C=N\NC(=O)c1c(C)nc2ccc(C)cn12. The molecule has 0 aliphatic rings. The fourth-order valence-electron chi connectivity index (χ4n) is 2.76. The van der Waals surface area contributed by atoms with Gasteiger partial charge in [-0.25, -0.2) is 10.4 Å². The number of hydrogen-bond donors (Lipinski definition) is 1. The highest BCUT2D eigenvalue weighted by molar-refractivity contribution is 5.96. The third-order valence-electron chi connectivity index (χ3n) is 3.98. The maximum atomic E-state index is 12.6. The van der Waals surface area contributed by atoms with Gasteiger partial charge >= 0.3 is 0 Å². The predicted octanol–water partition coefficient (Wildman–Crippen LogP) is 2.73. The van der Waals surface area contributed by atoms with Gasteiger partial charge in [0.2, 0.25) is 0 Å². The molecule has 0 radical (unpaired) electrons. The van der Waals surface area contributed by atoms with E-state index in [2.05, 4.69) is 15.5 Å². The average molecular weight is 352 g/mol. The van der Waals surface area contributed by atoms with Gasteiger partial charge in [0.25, 0.3) is 5.91 Å². The van der Waals surface area contributed by atoms with Crippen molar-refractivity contribution in [1.29, 1.82) is 0 Å². The zero-order valence-electron chi connectivity index (χ0n) is 15.1. The Morgan fingerprint density at radius 2 is 1.85 bits per heavy atom. The first kappa shape index (κ1) is 17.5. The summed E-state index contributed by atoms with van der Waals surface area (Å²) in [5, 5.41) is 4.06. The van der Waals surface area contributed by atoms with E-state index in [0.717, 1.165) is 5.56 Å². The van der Waals surface area contributed by atoms with Crippen molar-refractivity contribution in [2.24, 2.45) is 5.10 Å². The number of hydrogen-bond acceptors (Lipinski definition) is 5. The summed E-state index contributed by atoms with van der Waals surface area (Å²) < 4.78 is 12.4. The van der Waals surface area contributed by atoms with Crippen LogP contribution in [-0.4, -0.2) is 35.7 Å². The number of rotatable bonds is 5. The first-order valence-electron chi connectivity index (χ1n) is 8.05. The summed E-state index contributed by atoms with van der Waals surface area (Å²) in [5.41, 5.74) is 6.03. The Bertz CT molecular complexity index is 970. The quantitative estimate of drug-likeness (QED) is 0.566. The van der Waals surface area contributed by atoms with Crippen molar-refractivity contribution in [2.75, 3.05) is 14.2 Å². The van der Waals surface area contributed by atoms with Gasteiger partial charge in [0.15, 0.2) is 0 Å². The number of aryl methyl sites for hydroxylation is 2. The molecular formula is C19H20N4O3. The number of amides is 1. The van der Waals surface area contributed by atoms with Crippen LogP contribution in [0.4, 0.5) is 0 Å². The molecule has 2 aromatic heterocycles. The van der Waals surface area contributed by atoms with Crippen molar-refractivity contribution < 1.29 is 14.3 Å². The largest absolute Gasteiger partial charge is 0.496 e. The molecule has 0 atom stereocenters. The molecule has 3 rings (SSSR count). The van der Waals surface area contributed by atoms with Crippen molar-refractivity contribution in [2.45, 2.75) is 13.8 Å². The maximum Gasteiger partial charge on any atom is 0.290 e. The number of fused-ring (bicyclic) bond motifs is 1. The minimum Gasteiger partial charge on any atom is -0.496 e. The molecule has 0 saturated carbocycles. The van der Waals surface area contributed by atoms with Gasteiger partial charge in [-0.1, -0.05) is 12.1 Å². The van der Waals surface area contributed by atoms with Gasteiger partial charge in [-0.3, -0.25) is 9.20 Å². The minimum atomic E-state index is -0.342. The Labute approximate surface area is 151 Å². The third kappa shape index (κ3) is 3.23. The number of pyridine rings is 1. The summed E-state index contributed by atoms with van der Waals surface area (Å²) in [5.74, 6) is 0.860. The molecule has 1 N–H and O–H groups in total. The van der Waals surface area contributed by atoms with Gasteiger partial charge in [-0.15, -0.1) is 0 Å². The Hall–Kier alpha value is -3.35. The standard InChI is InChI=1S/C19H20N4O3/c1-12-8-9-17-21-13(2)18(23(17)11-12)19(24)22-20-10-14-15(25-3)6-5-7-16(14)26-4/h5-11H,1-4H3,(H,22,24)/b20-10-. The van der Waals surface area contributed by atoms with Crippen molar-refractivity contribution in [1.82, 2.24) is 14.8 Å². The normalized spacial score (nSPS) is 11.1. The first-order valence-corrected chi connectivity index (χ1v) is 8.05. The van der Waals surface area contributed by atoms with Crippen LogP contribution in [-0.2, 0) is 0 Å². The Morgan fingerprint density at radius 1 is 1.15 bits per heavy atom. The molecule has 0 aliphatic heterocycles. The lowest BCUT2D eigenvalue weighted by Gasteiger charge is -2.09. The van der Waals surface area contributed by atoms with Crippen LogP contribution in [0.5, 0.6) is 11.5 Å². The molecule has 7 heteroatoms. The Balaban J connectivity index is 1.87. The number of nitrogens with zero attached hydrogens (tertiary/aromatic N) is 3. The van der Waals surface area contributed by atoms with Gasteiger partial charge < -0.3 is 9.47 Å². The number of aromatic nitrogens is 2. The van der Waals surface area contributed by atoms with Gasteiger partial charge in [0.05, 0.1) is 31.7 Å². The number of carbonyl (C=O) groups is 1.